The summed E-state index contributed by atoms with van der Waals surface area (Å²) in [6.07, 6.45) is 3.53. The third-order valence-electron chi connectivity index (χ3n) is 3.25. The molecule has 5 nitrogen and oxygen atoms in total. The number of fused-ring (bicyclic) bond motifs is 1. The number of aryl methyl sites for hydroxylation is 2. The van der Waals surface area contributed by atoms with Gasteiger partial charge in [0.1, 0.15) is 9.71 Å². The minimum atomic E-state index is -0.901. The molecule has 0 bridgehead atoms. The number of carbonyl (C=O) groups is 1. The summed E-state index contributed by atoms with van der Waals surface area (Å²) in [6, 6.07) is 5.59. The highest BCUT2D eigenvalue weighted by Crippen LogP contribution is 2.31. The minimum Gasteiger partial charge on any atom is -0.477 e. The van der Waals surface area contributed by atoms with Crippen molar-refractivity contribution >= 4 is 27.5 Å². The Morgan fingerprint density at radius 2 is 2.24 bits per heavy atom. The molecule has 3 rings (SSSR count). The van der Waals surface area contributed by atoms with Crippen LogP contribution in [0.3, 0.4) is 0 Å². The Kier molecular flexibility index (Phi) is 3.47. The van der Waals surface area contributed by atoms with Gasteiger partial charge >= 0.3 is 5.97 Å². The van der Waals surface area contributed by atoms with E-state index in [2.05, 4.69) is 17.0 Å². The van der Waals surface area contributed by atoms with Crippen LogP contribution in [0.2, 0.25) is 0 Å². The number of thiophene rings is 1. The van der Waals surface area contributed by atoms with E-state index < -0.39 is 5.97 Å². The van der Waals surface area contributed by atoms with Crippen molar-refractivity contribution in [2.24, 2.45) is 0 Å². The van der Waals surface area contributed by atoms with Crippen LogP contribution in [0.5, 0.6) is 0 Å². The first-order valence-electron chi connectivity index (χ1n) is 6.78. The number of hydrogen-bond acceptors (Lipinski definition) is 4. The van der Waals surface area contributed by atoms with Crippen molar-refractivity contribution in [3.63, 3.8) is 0 Å². The quantitative estimate of drug-likeness (QED) is 0.801. The van der Waals surface area contributed by atoms with Crippen molar-refractivity contribution < 1.29 is 9.90 Å². The van der Waals surface area contributed by atoms with Crippen LogP contribution in [0.15, 0.2) is 24.4 Å². The molecule has 1 N–H and O–H groups in total. The van der Waals surface area contributed by atoms with Gasteiger partial charge in [0.05, 0.1) is 5.69 Å². The van der Waals surface area contributed by atoms with Gasteiger partial charge in [0, 0.05) is 11.6 Å². The topological polar surface area (TPSA) is 68.0 Å². The zero-order valence-corrected chi connectivity index (χ0v) is 12.6. The number of aromatic nitrogens is 3. The molecule has 0 saturated heterocycles. The lowest BCUT2D eigenvalue weighted by atomic mass is 10.2. The summed E-state index contributed by atoms with van der Waals surface area (Å²) >= 11 is 1.24. The Hall–Kier alpha value is -2.21. The van der Waals surface area contributed by atoms with Crippen LogP contribution < -0.4 is 0 Å². The monoisotopic (exact) mass is 301 g/mol. The second-order valence-electron chi connectivity index (χ2n) is 4.93. The molecule has 0 aliphatic heterocycles. The van der Waals surface area contributed by atoms with Crippen LogP contribution in [0.1, 0.15) is 34.3 Å². The average Bonchev–Trinajstić information content (AvgIpc) is 3.00. The van der Waals surface area contributed by atoms with Crippen molar-refractivity contribution in [1.82, 2.24) is 14.8 Å². The molecule has 3 aromatic heterocycles. The predicted octanol–water partition coefficient (Wildman–Crippen LogP) is 3.44. The molecule has 0 atom stereocenters. The van der Waals surface area contributed by atoms with E-state index in [1.54, 1.807) is 16.9 Å². The summed E-state index contributed by atoms with van der Waals surface area (Å²) < 4.78 is 1.75. The zero-order chi connectivity index (χ0) is 15.0. The van der Waals surface area contributed by atoms with Crippen molar-refractivity contribution in [2.75, 3.05) is 0 Å². The van der Waals surface area contributed by atoms with Crippen molar-refractivity contribution in [1.29, 1.82) is 0 Å². The van der Waals surface area contributed by atoms with E-state index in [-0.39, 0.29) is 0 Å². The normalized spacial score (nSPS) is 11.1. The van der Waals surface area contributed by atoms with Crippen LogP contribution in [0.25, 0.3) is 16.0 Å². The van der Waals surface area contributed by atoms with Crippen LogP contribution in [0, 0.1) is 6.92 Å². The summed E-state index contributed by atoms with van der Waals surface area (Å²) in [5, 5.41) is 14.7. The van der Waals surface area contributed by atoms with E-state index in [0.717, 1.165) is 40.1 Å². The lowest BCUT2D eigenvalue weighted by molar-refractivity contribution is 0.0702. The number of carboxylic acid groups (broad SMARTS) is 1. The first-order chi connectivity index (χ1) is 10.1. The van der Waals surface area contributed by atoms with Gasteiger partial charge in [0.2, 0.25) is 0 Å². The van der Waals surface area contributed by atoms with Gasteiger partial charge in [-0.3, -0.25) is 0 Å². The molecule has 0 aromatic carbocycles. The lowest BCUT2D eigenvalue weighted by Gasteiger charge is -2.02. The molecule has 0 unspecified atom stereocenters. The standard InChI is InChI=1S/C15H15N3O2S/c1-3-4-11-10-8-12(15(19)20)21-14(10)18(17-11)13-7-9(2)5-6-16-13/h5-8H,3-4H2,1-2H3,(H,19,20). The van der Waals surface area contributed by atoms with Crippen LogP contribution in [-0.2, 0) is 6.42 Å². The average molecular weight is 301 g/mol. The second-order valence-corrected chi connectivity index (χ2v) is 5.97. The second kappa shape index (κ2) is 5.29. The van der Waals surface area contributed by atoms with Crippen molar-refractivity contribution in [3.05, 3.63) is 40.5 Å². The number of rotatable bonds is 4. The fraction of sp³-hybridized carbons (Fsp3) is 0.267. The van der Waals surface area contributed by atoms with Gasteiger partial charge in [0.25, 0.3) is 0 Å². The zero-order valence-electron chi connectivity index (χ0n) is 11.8. The van der Waals surface area contributed by atoms with Crippen molar-refractivity contribution in [3.8, 4) is 5.82 Å². The van der Waals surface area contributed by atoms with Crippen molar-refractivity contribution in [2.45, 2.75) is 26.7 Å². The maximum atomic E-state index is 11.2. The largest absolute Gasteiger partial charge is 0.477 e. The van der Waals surface area contributed by atoms with Gasteiger partial charge in [-0.25, -0.2) is 14.5 Å². The fourth-order valence-corrected chi connectivity index (χ4v) is 3.26. The SMILES string of the molecule is CCCc1nn(-c2cc(C)ccn2)c2sc(C(=O)O)cc12. The van der Waals surface area contributed by atoms with Gasteiger partial charge in [-0.1, -0.05) is 13.3 Å². The van der Waals surface area contributed by atoms with Crippen LogP contribution in [0.4, 0.5) is 0 Å². The summed E-state index contributed by atoms with van der Waals surface area (Å²) in [7, 11) is 0. The molecule has 0 aliphatic rings. The summed E-state index contributed by atoms with van der Waals surface area (Å²) in [5.74, 6) is -0.177. The third kappa shape index (κ3) is 2.42. The van der Waals surface area contributed by atoms with Gasteiger partial charge in [-0.05, 0) is 37.1 Å². The van der Waals surface area contributed by atoms with Gasteiger partial charge < -0.3 is 5.11 Å². The number of pyridine rings is 1. The Morgan fingerprint density at radius 3 is 2.90 bits per heavy atom. The molecule has 3 aromatic rings. The highest BCUT2D eigenvalue weighted by Gasteiger charge is 2.18. The van der Waals surface area contributed by atoms with Crippen LogP contribution in [-0.4, -0.2) is 25.8 Å². The maximum absolute atomic E-state index is 11.2. The first kappa shape index (κ1) is 13.8. The molecule has 21 heavy (non-hydrogen) atoms. The third-order valence-corrected chi connectivity index (χ3v) is 4.35. The number of hydrogen-bond donors (Lipinski definition) is 1. The number of aromatic carboxylic acids is 1. The Balaban J connectivity index is 2.24. The molecular weight excluding hydrogens is 286 g/mol. The predicted molar refractivity (Wildman–Crippen MR) is 82.4 cm³/mol. The molecule has 0 amide bonds. The molecule has 3 heterocycles. The van der Waals surface area contributed by atoms with Gasteiger partial charge in [-0.2, -0.15) is 5.10 Å². The Morgan fingerprint density at radius 1 is 1.43 bits per heavy atom. The molecule has 0 spiro atoms. The number of nitrogens with zero attached hydrogens (tertiary/aromatic N) is 3. The van der Waals surface area contributed by atoms with Crippen LogP contribution >= 0.6 is 11.3 Å². The van der Waals surface area contributed by atoms with E-state index >= 15 is 0 Å². The van der Waals surface area contributed by atoms with Gasteiger partial charge in [0.15, 0.2) is 5.82 Å². The lowest BCUT2D eigenvalue weighted by Crippen LogP contribution is -2.00. The summed E-state index contributed by atoms with van der Waals surface area (Å²) in [5.41, 5.74) is 2.02. The molecule has 0 radical (unpaired) electrons. The molecular formula is C15H15N3O2S. The highest BCUT2D eigenvalue weighted by atomic mass is 32.1. The summed E-state index contributed by atoms with van der Waals surface area (Å²) in [6.45, 7) is 4.08. The first-order valence-corrected chi connectivity index (χ1v) is 7.59. The van der Waals surface area contributed by atoms with E-state index in [1.165, 1.54) is 11.3 Å². The summed E-state index contributed by atoms with van der Waals surface area (Å²) in [4.78, 5) is 16.7. The number of carboxylic acids is 1. The Labute approximate surface area is 125 Å². The van der Waals surface area contributed by atoms with Gasteiger partial charge in [-0.15, -0.1) is 11.3 Å². The fourth-order valence-electron chi connectivity index (χ4n) is 2.28. The highest BCUT2D eigenvalue weighted by molar-refractivity contribution is 7.20. The molecule has 0 saturated carbocycles. The Bertz CT molecular complexity index is 820. The molecule has 108 valence electrons. The van der Waals surface area contributed by atoms with E-state index in [4.69, 9.17) is 0 Å². The van der Waals surface area contributed by atoms with E-state index in [1.807, 2.05) is 19.1 Å². The van der Waals surface area contributed by atoms with E-state index in [0.29, 0.717) is 4.88 Å². The molecule has 0 fully saturated rings. The molecule has 0 aliphatic carbocycles. The van der Waals surface area contributed by atoms with E-state index in [9.17, 15) is 9.90 Å². The minimum absolute atomic E-state index is 0.334. The molecule has 6 heteroatoms. The smallest absolute Gasteiger partial charge is 0.345 e. The maximum Gasteiger partial charge on any atom is 0.345 e.